The molecule has 0 saturated heterocycles. The fraction of sp³-hybridized carbons (Fsp3) is 0.833. The Kier molecular flexibility index (Phi) is 8.58. The lowest BCUT2D eigenvalue weighted by Gasteiger charge is -2.07. The second-order valence-corrected chi connectivity index (χ2v) is 3.97. The van der Waals surface area contributed by atoms with Gasteiger partial charge < -0.3 is 9.47 Å². The van der Waals surface area contributed by atoms with Crippen LogP contribution in [0.5, 0.6) is 0 Å². The predicted molar refractivity (Wildman–Crippen MR) is 60.9 cm³/mol. The molecule has 0 amide bonds. The Hall–Kier alpha value is -1.06. The third kappa shape index (κ3) is 9.49. The minimum atomic E-state index is -0.253. The third-order valence-corrected chi connectivity index (χ3v) is 1.89. The Balaban J connectivity index is 3.43. The van der Waals surface area contributed by atoms with Gasteiger partial charge in [0, 0.05) is 12.8 Å². The summed E-state index contributed by atoms with van der Waals surface area (Å²) < 4.78 is 9.89. The highest BCUT2D eigenvalue weighted by atomic mass is 16.5. The van der Waals surface area contributed by atoms with Gasteiger partial charge in [-0.05, 0) is 26.7 Å². The number of hydrogen-bond acceptors (Lipinski definition) is 4. The molecule has 0 aromatic heterocycles. The van der Waals surface area contributed by atoms with Crippen molar-refractivity contribution in [1.29, 1.82) is 0 Å². The lowest BCUT2D eigenvalue weighted by Crippen LogP contribution is -2.12. The molecule has 0 N–H and O–H groups in total. The molecule has 0 saturated carbocycles. The van der Waals surface area contributed by atoms with Crippen LogP contribution in [0.4, 0.5) is 0 Å². The smallest absolute Gasteiger partial charge is 0.306 e. The summed E-state index contributed by atoms with van der Waals surface area (Å²) in [5, 5.41) is 0. The van der Waals surface area contributed by atoms with Gasteiger partial charge >= 0.3 is 11.9 Å². The average molecular weight is 230 g/mol. The molecule has 0 spiro atoms. The van der Waals surface area contributed by atoms with Gasteiger partial charge in [-0.15, -0.1) is 0 Å². The van der Waals surface area contributed by atoms with Crippen molar-refractivity contribution in [2.45, 2.75) is 59.0 Å². The Morgan fingerprint density at radius 1 is 1.06 bits per heavy atom. The monoisotopic (exact) mass is 230 g/mol. The van der Waals surface area contributed by atoms with Crippen molar-refractivity contribution in [1.82, 2.24) is 0 Å². The fourth-order valence-corrected chi connectivity index (χ4v) is 1.10. The number of rotatable bonds is 8. The summed E-state index contributed by atoms with van der Waals surface area (Å²) in [7, 11) is 0. The topological polar surface area (TPSA) is 52.6 Å². The van der Waals surface area contributed by atoms with Crippen molar-refractivity contribution in [3.8, 4) is 0 Å². The largest absolute Gasteiger partial charge is 0.466 e. The number of carbonyl (C=O) groups excluding carboxylic acids is 2. The Morgan fingerprint density at radius 2 is 1.69 bits per heavy atom. The van der Waals surface area contributed by atoms with Crippen molar-refractivity contribution in [2.24, 2.45) is 0 Å². The van der Waals surface area contributed by atoms with Gasteiger partial charge in [-0.3, -0.25) is 9.59 Å². The van der Waals surface area contributed by atoms with E-state index < -0.39 is 0 Å². The molecule has 0 aliphatic heterocycles. The maximum Gasteiger partial charge on any atom is 0.306 e. The first-order valence-electron chi connectivity index (χ1n) is 5.91. The molecular weight excluding hydrogens is 208 g/mol. The average Bonchev–Trinajstić information content (AvgIpc) is 2.17. The van der Waals surface area contributed by atoms with Crippen molar-refractivity contribution < 1.29 is 19.1 Å². The summed E-state index contributed by atoms with van der Waals surface area (Å²) >= 11 is 0. The van der Waals surface area contributed by atoms with Crippen molar-refractivity contribution >= 4 is 11.9 Å². The highest BCUT2D eigenvalue weighted by Gasteiger charge is 2.08. The van der Waals surface area contributed by atoms with Gasteiger partial charge in [0.2, 0.25) is 0 Å². The van der Waals surface area contributed by atoms with E-state index in [4.69, 9.17) is 9.47 Å². The molecule has 0 aliphatic carbocycles. The van der Waals surface area contributed by atoms with Crippen LogP contribution in [-0.4, -0.2) is 24.6 Å². The molecule has 16 heavy (non-hydrogen) atoms. The number of esters is 2. The van der Waals surface area contributed by atoms with Crippen LogP contribution in [0.15, 0.2) is 0 Å². The molecule has 0 aromatic rings. The number of hydrogen-bond donors (Lipinski definition) is 0. The maximum absolute atomic E-state index is 11.1. The summed E-state index contributed by atoms with van der Waals surface area (Å²) in [6, 6.07) is 0. The summed E-state index contributed by atoms with van der Waals surface area (Å²) in [5.74, 6) is -0.484. The number of unbranched alkanes of at least 4 members (excludes halogenated alkanes) is 1. The zero-order chi connectivity index (χ0) is 12.4. The van der Waals surface area contributed by atoms with E-state index in [1.54, 1.807) is 13.8 Å². The lowest BCUT2D eigenvalue weighted by atomic mass is 10.2. The first-order chi connectivity index (χ1) is 7.56. The zero-order valence-electron chi connectivity index (χ0n) is 10.5. The van der Waals surface area contributed by atoms with Crippen molar-refractivity contribution in [3.05, 3.63) is 0 Å². The SMILES string of the molecule is CCCCOC(=O)CCCC(=O)OC(C)C. The van der Waals surface area contributed by atoms with E-state index in [0.717, 1.165) is 12.8 Å². The molecule has 94 valence electrons. The van der Waals surface area contributed by atoms with Gasteiger partial charge in [-0.1, -0.05) is 13.3 Å². The van der Waals surface area contributed by atoms with Gasteiger partial charge in [0.15, 0.2) is 0 Å². The molecule has 0 aliphatic rings. The summed E-state index contributed by atoms with van der Waals surface area (Å²) in [6.07, 6.45) is 2.87. The van der Waals surface area contributed by atoms with Gasteiger partial charge in [-0.2, -0.15) is 0 Å². The standard InChI is InChI=1S/C12H22O4/c1-4-5-9-15-11(13)7-6-8-12(14)16-10(2)3/h10H,4-9H2,1-3H3. The normalized spacial score (nSPS) is 10.2. The predicted octanol–water partition coefficient (Wildman–Crippen LogP) is 2.45. The molecule has 0 bridgehead atoms. The van der Waals surface area contributed by atoms with Crippen molar-refractivity contribution in [2.75, 3.05) is 6.61 Å². The molecule has 0 heterocycles. The van der Waals surface area contributed by atoms with Crippen LogP contribution < -0.4 is 0 Å². The molecule has 0 unspecified atom stereocenters. The van der Waals surface area contributed by atoms with E-state index in [0.29, 0.717) is 13.0 Å². The quantitative estimate of drug-likeness (QED) is 0.475. The van der Waals surface area contributed by atoms with Crippen LogP contribution in [0, 0.1) is 0 Å². The van der Waals surface area contributed by atoms with Gasteiger partial charge in [-0.25, -0.2) is 0 Å². The molecule has 0 radical (unpaired) electrons. The highest BCUT2D eigenvalue weighted by Crippen LogP contribution is 2.02. The first-order valence-corrected chi connectivity index (χ1v) is 5.91. The Bertz CT molecular complexity index is 211. The Labute approximate surface area is 97.3 Å². The van der Waals surface area contributed by atoms with Crippen LogP contribution in [-0.2, 0) is 19.1 Å². The van der Waals surface area contributed by atoms with Crippen LogP contribution in [0.2, 0.25) is 0 Å². The van der Waals surface area contributed by atoms with Crippen LogP contribution >= 0.6 is 0 Å². The molecule has 4 heteroatoms. The van der Waals surface area contributed by atoms with E-state index >= 15 is 0 Å². The third-order valence-electron chi connectivity index (χ3n) is 1.89. The van der Waals surface area contributed by atoms with E-state index in [1.165, 1.54) is 0 Å². The van der Waals surface area contributed by atoms with Gasteiger partial charge in [0.1, 0.15) is 0 Å². The molecule has 0 atom stereocenters. The minimum absolute atomic E-state index is 0.0935. The lowest BCUT2D eigenvalue weighted by molar-refractivity contribution is -0.148. The first kappa shape index (κ1) is 14.9. The summed E-state index contributed by atoms with van der Waals surface area (Å²) in [6.45, 7) is 6.12. The maximum atomic E-state index is 11.1. The second-order valence-electron chi connectivity index (χ2n) is 3.97. The zero-order valence-corrected chi connectivity index (χ0v) is 10.5. The van der Waals surface area contributed by atoms with Gasteiger partial charge in [0.05, 0.1) is 12.7 Å². The van der Waals surface area contributed by atoms with E-state index in [-0.39, 0.29) is 30.9 Å². The van der Waals surface area contributed by atoms with E-state index in [1.807, 2.05) is 6.92 Å². The number of carbonyl (C=O) groups is 2. The fourth-order valence-electron chi connectivity index (χ4n) is 1.10. The minimum Gasteiger partial charge on any atom is -0.466 e. The Morgan fingerprint density at radius 3 is 2.25 bits per heavy atom. The van der Waals surface area contributed by atoms with Crippen LogP contribution in [0.1, 0.15) is 52.9 Å². The van der Waals surface area contributed by atoms with Crippen molar-refractivity contribution in [3.63, 3.8) is 0 Å². The highest BCUT2D eigenvalue weighted by molar-refractivity contribution is 5.72. The second kappa shape index (κ2) is 9.19. The van der Waals surface area contributed by atoms with Gasteiger partial charge in [0.25, 0.3) is 0 Å². The summed E-state index contributed by atoms with van der Waals surface area (Å²) in [5.41, 5.74) is 0. The number of ether oxygens (including phenoxy) is 2. The molecule has 4 nitrogen and oxygen atoms in total. The van der Waals surface area contributed by atoms with E-state index in [9.17, 15) is 9.59 Å². The molecule has 0 aromatic carbocycles. The van der Waals surface area contributed by atoms with Crippen LogP contribution in [0.3, 0.4) is 0 Å². The van der Waals surface area contributed by atoms with E-state index in [2.05, 4.69) is 0 Å². The van der Waals surface area contributed by atoms with Crippen LogP contribution in [0.25, 0.3) is 0 Å². The molecule has 0 rings (SSSR count). The molecule has 0 fully saturated rings. The summed E-state index contributed by atoms with van der Waals surface area (Å²) in [4.78, 5) is 22.3. The molecular formula is C12H22O4.